The lowest BCUT2D eigenvalue weighted by molar-refractivity contribution is 0.122. The van der Waals surface area contributed by atoms with Gasteiger partial charge in [0.2, 0.25) is 11.9 Å². The Morgan fingerprint density at radius 1 is 1.35 bits per heavy atom. The van der Waals surface area contributed by atoms with E-state index >= 15 is 0 Å². The van der Waals surface area contributed by atoms with E-state index in [4.69, 9.17) is 15.9 Å². The number of nitrogens with zero attached hydrogens (tertiary/aromatic N) is 4. The van der Waals surface area contributed by atoms with Crippen molar-refractivity contribution in [1.29, 1.82) is 0 Å². The number of ether oxygens (including phenoxy) is 2. The molecule has 0 amide bonds. The van der Waals surface area contributed by atoms with Gasteiger partial charge in [-0.15, -0.1) is 12.3 Å². The van der Waals surface area contributed by atoms with Crippen LogP contribution in [0.1, 0.15) is 13.3 Å². The first-order chi connectivity index (χ1) is 9.83. The molecule has 0 atom stereocenters. The highest BCUT2D eigenvalue weighted by Gasteiger charge is 2.16. The molecular weight excluding hydrogens is 258 g/mol. The average Bonchev–Trinajstić information content (AvgIpc) is 2.49. The molecule has 1 aliphatic heterocycles. The van der Waals surface area contributed by atoms with E-state index < -0.39 is 0 Å². The smallest absolute Gasteiger partial charge is 0.323 e. The highest BCUT2D eigenvalue weighted by atomic mass is 16.5. The number of rotatable bonds is 6. The van der Waals surface area contributed by atoms with Gasteiger partial charge in [0.1, 0.15) is 6.61 Å². The topological polar surface area (TPSA) is 72.4 Å². The van der Waals surface area contributed by atoms with Crippen molar-refractivity contribution in [2.75, 3.05) is 49.7 Å². The Bertz CT molecular complexity index is 468. The Balaban J connectivity index is 2.14. The van der Waals surface area contributed by atoms with Crippen LogP contribution in [-0.2, 0) is 4.74 Å². The van der Waals surface area contributed by atoms with Crippen LogP contribution in [-0.4, -0.2) is 54.4 Å². The van der Waals surface area contributed by atoms with Gasteiger partial charge in [0.25, 0.3) is 0 Å². The zero-order valence-corrected chi connectivity index (χ0v) is 11.6. The van der Waals surface area contributed by atoms with Crippen LogP contribution in [0.4, 0.5) is 11.9 Å². The Morgan fingerprint density at radius 3 is 2.85 bits per heavy atom. The molecule has 0 unspecified atom stereocenters. The molecule has 1 aromatic heterocycles. The second-order valence-corrected chi connectivity index (χ2v) is 4.17. The second-order valence-electron chi connectivity index (χ2n) is 4.17. The van der Waals surface area contributed by atoms with Crippen LogP contribution in [0.5, 0.6) is 6.01 Å². The Morgan fingerprint density at radius 2 is 2.15 bits per heavy atom. The molecule has 0 radical (unpaired) electrons. The zero-order chi connectivity index (χ0) is 14.2. The van der Waals surface area contributed by atoms with Gasteiger partial charge < -0.3 is 19.7 Å². The number of hydrogen-bond donors (Lipinski definition) is 1. The van der Waals surface area contributed by atoms with Crippen molar-refractivity contribution in [3.63, 3.8) is 0 Å². The molecule has 1 aliphatic rings. The van der Waals surface area contributed by atoms with Gasteiger partial charge in [-0.05, 0) is 6.92 Å². The van der Waals surface area contributed by atoms with Crippen LogP contribution in [0.15, 0.2) is 0 Å². The van der Waals surface area contributed by atoms with Crippen LogP contribution in [0.3, 0.4) is 0 Å². The highest BCUT2D eigenvalue weighted by Crippen LogP contribution is 2.16. The van der Waals surface area contributed by atoms with Gasteiger partial charge in [-0.1, -0.05) is 0 Å². The molecule has 1 aromatic rings. The van der Waals surface area contributed by atoms with E-state index in [0.717, 1.165) is 19.6 Å². The third-order valence-corrected chi connectivity index (χ3v) is 2.71. The monoisotopic (exact) mass is 277 g/mol. The summed E-state index contributed by atoms with van der Waals surface area (Å²) in [4.78, 5) is 15.0. The van der Waals surface area contributed by atoms with Crippen molar-refractivity contribution < 1.29 is 9.47 Å². The van der Waals surface area contributed by atoms with Crippen LogP contribution < -0.4 is 15.0 Å². The Kier molecular flexibility index (Phi) is 5.38. The molecule has 1 saturated heterocycles. The summed E-state index contributed by atoms with van der Waals surface area (Å²) in [5.74, 6) is 3.64. The lowest BCUT2D eigenvalue weighted by Crippen LogP contribution is -2.37. The number of terminal acetylenes is 1. The van der Waals surface area contributed by atoms with E-state index in [-0.39, 0.29) is 0 Å². The molecule has 0 aromatic carbocycles. The molecule has 0 spiro atoms. The molecule has 20 heavy (non-hydrogen) atoms. The standard InChI is InChI=1S/C13H19N5O2/c1-3-5-8-20-13-16-11(14-4-2)15-12(17-13)18-6-9-19-10-7-18/h1H,4-10H2,2H3,(H,14,15,16,17). The second kappa shape index (κ2) is 7.50. The van der Waals surface area contributed by atoms with Gasteiger partial charge in [0, 0.05) is 26.1 Å². The number of hydrogen-bond acceptors (Lipinski definition) is 7. The lowest BCUT2D eigenvalue weighted by atomic mass is 10.4. The van der Waals surface area contributed by atoms with E-state index in [1.54, 1.807) is 0 Å². The maximum absolute atomic E-state index is 5.46. The summed E-state index contributed by atoms with van der Waals surface area (Å²) >= 11 is 0. The lowest BCUT2D eigenvalue weighted by Gasteiger charge is -2.26. The minimum atomic E-state index is 0.299. The fourth-order valence-corrected chi connectivity index (χ4v) is 1.75. The van der Waals surface area contributed by atoms with Crippen molar-refractivity contribution in [2.45, 2.75) is 13.3 Å². The van der Waals surface area contributed by atoms with Crippen molar-refractivity contribution in [3.05, 3.63) is 0 Å². The third-order valence-electron chi connectivity index (χ3n) is 2.71. The summed E-state index contributed by atoms with van der Waals surface area (Å²) in [5, 5.41) is 3.08. The summed E-state index contributed by atoms with van der Waals surface area (Å²) in [6.45, 7) is 5.99. The average molecular weight is 277 g/mol. The van der Waals surface area contributed by atoms with Crippen LogP contribution in [0.25, 0.3) is 0 Å². The summed E-state index contributed by atoms with van der Waals surface area (Å²) < 4.78 is 10.8. The van der Waals surface area contributed by atoms with Crippen LogP contribution >= 0.6 is 0 Å². The SMILES string of the molecule is C#CCCOc1nc(NCC)nc(N2CCOCC2)n1. The number of aromatic nitrogens is 3. The van der Waals surface area contributed by atoms with Crippen molar-refractivity contribution in [3.8, 4) is 18.4 Å². The molecule has 0 bridgehead atoms. The first-order valence-corrected chi connectivity index (χ1v) is 6.72. The van der Waals surface area contributed by atoms with Gasteiger partial charge in [0.05, 0.1) is 13.2 Å². The van der Waals surface area contributed by atoms with Crippen molar-refractivity contribution in [2.24, 2.45) is 0 Å². The molecule has 7 nitrogen and oxygen atoms in total. The minimum Gasteiger partial charge on any atom is -0.462 e. The summed E-state index contributed by atoms with van der Waals surface area (Å²) in [6.07, 6.45) is 5.72. The summed E-state index contributed by atoms with van der Waals surface area (Å²) in [7, 11) is 0. The maximum Gasteiger partial charge on any atom is 0.323 e. The normalized spacial score (nSPS) is 14.7. The van der Waals surface area contributed by atoms with E-state index in [2.05, 4.69) is 31.1 Å². The minimum absolute atomic E-state index is 0.299. The molecular formula is C13H19N5O2. The predicted octanol–water partition coefficient (Wildman–Crippen LogP) is 0.542. The Labute approximate surface area is 118 Å². The predicted molar refractivity (Wildman–Crippen MR) is 76.0 cm³/mol. The zero-order valence-electron chi connectivity index (χ0n) is 11.6. The van der Waals surface area contributed by atoms with Crippen LogP contribution in [0.2, 0.25) is 0 Å². The fraction of sp³-hybridized carbons (Fsp3) is 0.615. The largest absolute Gasteiger partial charge is 0.462 e. The van der Waals surface area contributed by atoms with E-state index in [9.17, 15) is 0 Å². The molecule has 2 heterocycles. The first kappa shape index (κ1) is 14.3. The Hall–Kier alpha value is -2.07. The van der Waals surface area contributed by atoms with Gasteiger partial charge in [0.15, 0.2) is 0 Å². The van der Waals surface area contributed by atoms with Crippen molar-refractivity contribution in [1.82, 2.24) is 15.0 Å². The van der Waals surface area contributed by atoms with E-state index in [1.807, 2.05) is 6.92 Å². The third kappa shape index (κ3) is 3.96. The number of morpholine rings is 1. The molecule has 7 heteroatoms. The number of anilines is 2. The molecule has 0 saturated carbocycles. The van der Waals surface area contributed by atoms with E-state index in [1.165, 1.54) is 0 Å². The van der Waals surface area contributed by atoms with Crippen LogP contribution in [0, 0.1) is 12.3 Å². The summed E-state index contributed by atoms with van der Waals surface area (Å²) in [6, 6.07) is 0.299. The van der Waals surface area contributed by atoms with Gasteiger partial charge >= 0.3 is 6.01 Å². The summed E-state index contributed by atoms with van der Waals surface area (Å²) in [5.41, 5.74) is 0. The maximum atomic E-state index is 5.46. The molecule has 108 valence electrons. The quantitative estimate of drug-likeness (QED) is 0.601. The van der Waals surface area contributed by atoms with Gasteiger partial charge in [-0.3, -0.25) is 0 Å². The molecule has 1 N–H and O–H groups in total. The van der Waals surface area contributed by atoms with Gasteiger partial charge in [-0.2, -0.15) is 15.0 Å². The van der Waals surface area contributed by atoms with Gasteiger partial charge in [-0.25, -0.2) is 0 Å². The molecule has 2 rings (SSSR count). The molecule has 1 fully saturated rings. The molecule has 0 aliphatic carbocycles. The highest BCUT2D eigenvalue weighted by molar-refractivity contribution is 5.38. The van der Waals surface area contributed by atoms with E-state index in [0.29, 0.717) is 44.1 Å². The van der Waals surface area contributed by atoms with Crippen molar-refractivity contribution >= 4 is 11.9 Å². The first-order valence-electron chi connectivity index (χ1n) is 6.72. The number of nitrogens with one attached hydrogen (secondary N) is 1. The fourth-order valence-electron chi connectivity index (χ4n) is 1.75.